The number of carbonyl (C=O) groups excluding carboxylic acids is 4. The molecule has 4 amide bonds. The number of rotatable bonds is 13. The SMILES string of the molecule is C=C[C@@H]1C[C@]1(NC(=O)[C@@H]1C[C@@H](Oc2nc(-c3ccccc3)nc3ccccc23)CN1C(=O)C(NC(C)=O)C(C)(C)C)C(=O)NS(=O)(=O)C1(CC2CC2)CC1. The molecule has 1 unspecified atom stereocenters. The second kappa shape index (κ2) is 13.8. The van der Waals surface area contributed by atoms with Crippen molar-refractivity contribution in [3.05, 3.63) is 67.3 Å². The lowest BCUT2D eigenvalue weighted by molar-refractivity contribution is -0.144. The van der Waals surface area contributed by atoms with Crippen LogP contribution in [0.15, 0.2) is 67.3 Å². The molecule has 3 saturated carbocycles. The van der Waals surface area contributed by atoms with E-state index in [1.807, 2.05) is 75.4 Å². The topological polar surface area (TPSA) is 177 Å². The monoisotopic (exact) mass is 756 g/mol. The number of nitrogens with zero attached hydrogens (tertiary/aromatic N) is 3. The van der Waals surface area contributed by atoms with E-state index in [0.29, 0.717) is 41.9 Å². The molecule has 13 nitrogen and oxygen atoms in total. The van der Waals surface area contributed by atoms with Gasteiger partial charge in [0.25, 0.3) is 5.91 Å². The lowest BCUT2D eigenvalue weighted by Crippen LogP contribution is -2.60. The molecule has 2 aromatic carbocycles. The van der Waals surface area contributed by atoms with Gasteiger partial charge >= 0.3 is 0 Å². The summed E-state index contributed by atoms with van der Waals surface area (Å²) in [7, 11) is -4.00. The van der Waals surface area contributed by atoms with Crippen molar-refractivity contribution in [1.82, 2.24) is 30.2 Å². The largest absolute Gasteiger partial charge is 0.472 e. The van der Waals surface area contributed by atoms with Crippen LogP contribution in [0, 0.1) is 17.3 Å². The van der Waals surface area contributed by atoms with Crippen LogP contribution in [-0.2, 0) is 29.2 Å². The van der Waals surface area contributed by atoms with Crippen molar-refractivity contribution in [1.29, 1.82) is 0 Å². The molecule has 1 saturated heterocycles. The number of nitrogens with one attached hydrogen (secondary N) is 3. The lowest BCUT2D eigenvalue weighted by Gasteiger charge is -2.35. The highest BCUT2D eigenvalue weighted by Gasteiger charge is 2.64. The van der Waals surface area contributed by atoms with E-state index in [2.05, 4.69) is 21.9 Å². The summed E-state index contributed by atoms with van der Waals surface area (Å²) < 4.78 is 35.0. The van der Waals surface area contributed by atoms with Crippen LogP contribution < -0.4 is 20.1 Å². The number of para-hydroxylation sites is 1. The van der Waals surface area contributed by atoms with E-state index < -0.39 is 73.5 Å². The summed E-state index contributed by atoms with van der Waals surface area (Å²) in [6.45, 7) is 10.6. The zero-order valence-electron chi connectivity index (χ0n) is 31.1. The van der Waals surface area contributed by atoms with Crippen molar-refractivity contribution < 1.29 is 32.3 Å². The van der Waals surface area contributed by atoms with Crippen molar-refractivity contribution >= 4 is 44.6 Å². The number of hydrogen-bond acceptors (Lipinski definition) is 9. The Morgan fingerprint density at radius 2 is 1.72 bits per heavy atom. The van der Waals surface area contributed by atoms with Gasteiger partial charge in [-0.3, -0.25) is 23.9 Å². The molecule has 7 rings (SSSR count). The summed E-state index contributed by atoms with van der Waals surface area (Å²) in [6, 6.07) is 14.7. The van der Waals surface area contributed by atoms with Gasteiger partial charge in [0.15, 0.2) is 5.82 Å². The fraction of sp³-hybridized carbons (Fsp3) is 0.500. The minimum absolute atomic E-state index is 0.0236. The van der Waals surface area contributed by atoms with E-state index in [-0.39, 0.29) is 25.3 Å². The van der Waals surface area contributed by atoms with Crippen LogP contribution in [0.4, 0.5) is 0 Å². The van der Waals surface area contributed by atoms with E-state index in [9.17, 15) is 27.6 Å². The third-order valence-electron chi connectivity index (χ3n) is 11.2. The van der Waals surface area contributed by atoms with Crippen molar-refractivity contribution in [3.8, 4) is 17.3 Å². The normalized spacial score (nSPS) is 25.0. The summed E-state index contributed by atoms with van der Waals surface area (Å²) in [5.41, 5.74) is -0.847. The highest BCUT2D eigenvalue weighted by atomic mass is 32.2. The van der Waals surface area contributed by atoms with E-state index in [0.717, 1.165) is 18.4 Å². The fourth-order valence-corrected chi connectivity index (χ4v) is 9.37. The Balaban J connectivity index is 1.18. The van der Waals surface area contributed by atoms with Crippen molar-refractivity contribution in [3.63, 3.8) is 0 Å². The molecule has 0 radical (unpaired) electrons. The van der Waals surface area contributed by atoms with E-state index in [1.54, 1.807) is 0 Å². The highest BCUT2D eigenvalue weighted by molar-refractivity contribution is 7.91. The molecule has 2 heterocycles. The van der Waals surface area contributed by atoms with Crippen LogP contribution in [0.25, 0.3) is 22.3 Å². The van der Waals surface area contributed by atoms with Gasteiger partial charge in [0, 0.05) is 24.8 Å². The number of likely N-dealkylation sites (tertiary alicyclic amines) is 1. The number of amides is 4. The number of carbonyl (C=O) groups is 4. The smallest absolute Gasteiger partial charge is 0.259 e. The molecule has 0 bridgehead atoms. The second-order valence-corrected chi connectivity index (χ2v) is 18.6. The van der Waals surface area contributed by atoms with E-state index >= 15 is 0 Å². The fourth-order valence-electron chi connectivity index (χ4n) is 7.63. The highest BCUT2D eigenvalue weighted by Crippen LogP contribution is 2.53. The first-order valence-corrected chi connectivity index (χ1v) is 20.1. The van der Waals surface area contributed by atoms with Gasteiger partial charge in [0.1, 0.15) is 23.7 Å². The number of benzene rings is 2. The standard InChI is InChI=1S/C40H48N6O7S/c1-6-27-22-40(27,37(50)45-54(51,52)39(18-19-39)21-25-16-17-25)44-34(48)31-20-28(23-46(31)36(49)32(38(3,4)5)41-24(2)47)53-35-29-14-10-11-15-30(29)42-33(43-35)26-12-8-7-9-13-26/h6-15,25,27-28,31-32H,1,16-23H2,2-5H3,(H,41,47)(H,44,48)(H,45,50)/t27-,28-,31+,32?,40-/m1/s1. The van der Waals surface area contributed by atoms with Gasteiger partial charge in [-0.05, 0) is 49.1 Å². The van der Waals surface area contributed by atoms with Gasteiger partial charge in [0.05, 0.1) is 22.2 Å². The number of fused-ring (bicyclic) bond motifs is 1. The maximum absolute atomic E-state index is 14.4. The van der Waals surface area contributed by atoms with Crippen molar-refractivity contribution in [2.75, 3.05) is 6.54 Å². The molecular weight excluding hydrogens is 709 g/mol. The Morgan fingerprint density at radius 3 is 2.33 bits per heavy atom. The van der Waals surface area contributed by atoms with E-state index in [4.69, 9.17) is 14.7 Å². The van der Waals surface area contributed by atoms with Crippen molar-refractivity contribution in [2.24, 2.45) is 17.3 Å². The molecular formula is C40H48N6O7S. The molecule has 0 spiro atoms. The quantitative estimate of drug-likeness (QED) is 0.217. The van der Waals surface area contributed by atoms with Gasteiger partial charge < -0.3 is 20.3 Å². The first-order chi connectivity index (χ1) is 25.6. The predicted molar refractivity (Wildman–Crippen MR) is 202 cm³/mol. The van der Waals surface area contributed by atoms with Crippen molar-refractivity contribution in [2.45, 2.75) is 101 Å². The zero-order chi connectivity index (χ0) is 38.6. The summed E-state index contributed by atoms with van der Waals surface area (Å²) in [6.07, 6.45) is 4.50. The Bertz CT molecular complexity index is 2110. The minimum atomic E-state index is -4.00. The molecule has 5 atom stereocenters. The molecule has 54 heavy (non-hydrogen) atoms. The van der Waals surface area contributed by atoms with Crippen LogP contribution in [0.1, 0.15) is 72.6 Å². The average Bonchev–Trinajstić information content (AvgIpc) is 4.07. The first-order valence-electron chi connectivity index (χ1n) is 18.6. The summed E-state index contributed by atoms with van der Waals surface area (Å²) in [4.78, 5) is 65.9. The molecule has 3 aliphatic carbocycles. The van der Waals surface area contributed by atoms with Crippen LogP contribution in [-0.4, -0.2) is 81.9 Å². The third kappa shape index (κ3) is 7.32. The number of sulfonamides is 1. The van der Waals surface area contributed by atoms with Crippen LogP contribution in [0.3, 0.4) is 0 Å². The third-order valence-corrected chi connectivity index (χ3v) is 13.4. The average molecular weight is 757 g/mol. The number of hydrogen-bond donors (Lipinski definition) is 3. The van der Waals surface area contributed by atoms with Gasteiger partial charge in [-0.25, -0.2) is 13.4 Å². The Labute approximate surface area is 315 Å². The van der Waals surface area contributed by atoms with Crippen LogP contribution in [0.5, 0.6) is 5.88 Å². The molecule has 286 valence electrons. The van der Waals surface area contributed by atoms with Crippen LogP contribution in [0.2, 0.25) is 0 Å². The van der Waals surface area contributed by atoms with Crippen LogP contribution >= 0.6 is 0 Å². The van der Waals surface area contributed by atoms with Gasteiger partial charge in [-0.2, -0.15) is 4.98 Å². The molecule has 4 fully saturated rings. The Hall–Kier alpha value is -4.85. The Kier molecular flexibility index (Phi) is 9.56. The number of ether oxygens (including phenoxy) is 1. The van der Waals surface area contributed by atoms with Gasteiger partial charge in [0.2, 0.25) is 33.6 Å². The zero-order valence-corrected chi connectivity index (χ0v) is 31.9. The summed E-state index contributed by atoms with van der Waals surface area (Å²) in [5.74, 6) is -1.78. The first kappa shape index (κ1) is 37.5. The lowest BCUT2D eigenvalue weighted by atomic mass is 9.85. The maximum Gasteiger partial charge on any atom is 0.259 e. The number of aromatic nitrogens is 2. The minimum Gasteiger partial charge on any atom is -0.472 e. The molecule has 4 aliphatic rings. The molecule has 3 aromatic rings. The second-order valence-electron chi connectivity index (χ2n) is 16.5. The molecule has 1 aromatic heterocycles. The maximum atomic E-state index is 14.4. The molecule has 3 N–H and O–H groups in total. The van der Waals surface area contributed by atoms with E-state index in [1.165, 1.54) is 17.9 Å². The molecule has 1 aliphatic heterocycles. The molecule has 14 heteroatoms. The summed E-state index contributed by atoms with van der Waals surface area (Å²) >= 11 is 0. The Morgan fingerprint density at radius 1 is 1.04 bits per heavy atom. The van der Waals surface area contributed by atoms with Gasteiger partial charge in [-0.15, -0.1) is 6.58 Å². The summed E-state index contributed by atoms with van der Waals surface area (Å²) in [5, 5.41) is 6.26. The predicted octanol–water partition coefficient (Wildman–Crippen LogP) is 4.04. The van der Waals surface area contributed by atoms with Gasteiger partial charge in [-0.1, -0.05) is 82.2 Å².